The molecule has 1 N–H and O–H groups in total. The lowest BCUT2D eigenvalue weighted by Gasteiger charge is -2.29. The van der Waals surface area contributed by atoms with Gasteiger partial charge in [0.05, 0.1) is 0 Å². The van der Waals surface area contributed by atoms with E-state index < -0.39 is 11.9 Å². The molecule has 0 radical (unpaired) electrons. The molecule has 0 spiro atoms. The molecule has 0 bridgehead atoms. The molecular weight excluding hydrogens is 383 g/mol. The Morgan fingerprint density at radius 3 is 2.47 bits per heavy atom. The smallest absolute Gasteiger partial charge is 0.261 e. The Labute approximate surface area is 178 Å². The molecule has 30 heavy (non-hydrogen) atoms. The minimum absolute atomic E-state index is 0.0171. The molecule has 2 atom stereocenters. The monoisotopic (exact) mass is 414 g/mol. The molecule has 6 heteroatoms. The van der Waals surface area contributed by atoms with Crippen molar-refractivity contribution in [3.8, 4) is 5.75 Å². The molecule has 2 aromatic carbocycles. The van der Waals surface area contributed by atoms with Gasteiger partial charge in [0.2, 0.25) is 5.91 Å². The lowest BCUT2D eigenvalue weighted by molar-refractivity contribution is -0.142. The van der Waals surface area contributed by atoms with Crippen LogP contribution in [0.4, 0.5) is 4.39 Å². The highest BCUT2D eigenvalue weighted by atomic mass is 19.1. The fourth-order valence-corrected chi connectivity index (χ4v) is 2.96. The van der Waals surface area contributed by atoms with E-state index in [-0.39, 0.29) is 31.0 Å². The van der Waals surface area contributed by atoms with Gasteiger partial charge in [-0.15, -0.1) is 0 Å². The summed E-state index contributed by atoms with van der Waals surface area (Å²) in [6.07, 6.45) is 0.773. The van der Waals surface area contributed by atoms with Crippen LogP contribution in [0, 0.1) is 19.7 Å². The second kappa shape index (κ2) is 10.8. The van der Waals surface area contributed by atoms with Gasteiger partial charge in [0.15, 0.2) is 6.61 Å². The van der Waals surface area contributed by atoms with Crippen molar-refractivity contribution >= 4 is 11.8 Å². The third kappa shape index (κ3) is 6.05. The van der Waals surface area contributed by atoms with Crippen LogP contribution in [0.15, 0.2) is 42.5 Å². The van der Waals surface area contributed by atoms with Crippen LogP contribution in [0.1, 0.15) is 43.9 Å². The highest BCUT2D eigenvalue weighted by molar-refractivity contribution is 5.88. The maximum absolute atomic E-state index is 14.2. The lowest BCUT2D eigenvalue weighted by atomic mass is 10.1. The quantitative estimate of drug-likeness (QED) is 0.671. The van der Waals surface area contributed by atoms with Gasteiger partial charge < -0.3 is 15.0 Å². The largest absolute Gasteiger partial charge is 0.483 e. The summed E-state index contributed by atoms with van der Waals surface area (Å²) in [4.78, 5) is 27.1. The number of nitrogens with zero attached hydrogens (tertiary/aromatic N) is 1. The number of nitrogens with one attached hydrogen (secondary N) is 1. The van der Waals surface area contributed by atoms with Crippen LogP contribution in [-0.2, 0) is 16.1 Å². The van der Waals surface area contributed by atoms with E-state index >= 15 is 0 Å². The van der Waals surface area contributed by atoms with Crippen molar-refractivity contribution in [2.75, 3.05) is 6.61 Å². The van der Waals surface area contributed by atoms with Crippen molar-refractivity contribution < 1.29 is 18.7 Å². The third-order valence-electron chi connectivity index (χ3n) is 5.37. The molecule has 5 nitrogen and oxygen atoms in total. The van der Waals surface area contributed by atoms with E-state index in [4.69, 9.17) is 4.74 Å². The van der Waals surface area contributed by atoms with Crippen LogP contribution in [0.5, 0.6) is 5.75 Å². The highest BCUT2D eigenvalue weighted by Crippen LogP contribution is 2.21. The second-order valence-corrected chi connectivity index (χ2v) is 7.59. The summed E-state index contributed by atoms with van der Waals surface area (Å²) < 4.78 is 20.0. The minimum Gasteiger partial charge on any atom is -0.483 e. The topological polar surface area (TPSA) is 58.6 Å². The molecule has 0 saturated carbocycles. The van der Waals surface area contributed by atoms with Crippen LogP contribution in [0.25, 0.3) is 0 Å². The van der Waals surface area contributed by atoms with Gasteiger partial charge in [0.25, 0.3) is 5.91 Å². The molecule has 0 aliphatic carbocycles. The molecule has 0 fully saturated rings. The first-order valence-electron chi connectivity index (χ1n) is 10.3. The van der Waals surface area contributed by atoms with Gasteiger partial charge in [-0.25, -0.2) is 4.39 Å². The Balaban J connectivity index is 2.20. The van der Waals surface area contributed by atoms with Crippen molar-refractivity contribution in [3.63, 3.8) is 0 Å². The number of halogens is 1. The van der Waals surface area contributed by atoms with Gasteiger partial charge in [0, 0.05) is 18.2 Å². The zero-order chi connectivity index (χ0) is 22.3. The second-order valence-electron chi connectivity index (χ2n) is 7.59. The van der Waals surface area contributed by atoms with E-state index in [1.54, 1.807) is 31.2 Å². The van der Waals surface area contributed by atoms with E-state index in [2.05, 4.69) is 5.32 Å². The maximum Gasteiger partial charge on any atom is 0.261 e. The number of hydrogen-bond donors (Lipinski definition) is 1. The fourth-order valence-electron chi connectivity index (χ4n) is 2.96. The third-order valence-corrected chi connectivity index (χ3v) is 5.37. The molecular formula is C24H31FN2O3. The summed E-state index contributed by atoms with van der Waals surface area (Å²) in [6.45, 7) is 9.16. The van der Waals surface area contributed by atoms with Crippen LogP contribution < -0.4 is 10.1 Å². The van der Waals surface area contributed by atoms with Crippen LogP contribution >= 0.6 is 0 Å². The first-order valence-corrected chi connectivity index (χ1v) is 10.3. The highest BCUT2D eigenvalue weighted by Gasteiger charge is 2.28. The van der Waals surface area contributed by atoms with Crippen molar-refractivity contribution in [2.24, 2.45) is 0 Å². The molecule has 2 amide bonds. The molecule has 0 saturated heterocycles. The molecule has 0 unspecified atom stereocenters. The van der Waals surface area contributed by atoms with Crippen molar-refractivity contribution in [1.82, 2.24) is 10.2 Å². The standard InChI is InChI=1S/C24H31FN2O3/c1-6-17(3)26-24(29)19(5)27(14-20-11-7-8-12-21(20)25)23(28)15-30-22-13-9-10-16(2)18(22)4/h7-13,17,19H,6,14-15H2,1-5H3,(H,26,29)/t17-,19+/m1/s1. The average Bonchev–Trinajstić information content (AvgIpc) is 2.73. The molecule has 162 valence electrons. The van der Waals surface area contributed by atoms with Gasteiger partial charge in [-0.1, -0.05) is 37.3 Å². The van der Waals surface area contributed by atoms with Crippen LogP contribution in [0.3, 0.4) is 0 Å². The lowest BCUT2D eigenvalue weighted by Crippen LogP contribution is -2.50. The Kier molecular flexibility index (Phi) is 8.39. The molecule has 2 aromatic rings. The molecule has 2 rings (SSSR count). The van der Waals surface area contributed by atoms with Gasteiger partial charge in [0.1, 0.15) is 17.6 Å². The molecule has 0 heterocycles. The maximum atomic E-state index is 14.2. The number of benzene rings is 2. The fraction of sp³-hybridized carbons (Fsp3) is 0.417. The van der Waals surface area contributed by atoms with Crippen molar-refractivity contribution in [1.29, 1.82) is 0 Å². The minimum atomic E-state index is -0.770. The van der Waals surface area contributed by atoms with E-state index in [1.807, 2.05) is 39.8 Å². The zero-order valence-corrected chi connectivity index (χ0v) is 18.4. The number of carbonyl (C=O) groups is 2. The Bertz CT molecular complexity index is 885. The summed E-state index contributed by atoms with van der Waals surface area (Å²) in [5.74, 6) is -0.460. The average molecular weight is 415 g/mol. The summed E-state index contributed by atoms with van der Waals surface area (Å²) in [5.41, 5.74) is 2.36. The number of amides is 2. The van der Waals surface area contributed by atoms with Gasteiger partial charge >= 0.3 is 0 Å². The number of ether oxygens (including phenoxy) is 1. The summed E-state index contributed by atoms with van der Waals surface area (Å²) in [5, 5.41) is 2.89. The van der Waals surface area contributed by atoms with E-state index in [1.165, 1.54) is 11.0 Å². The Morgan fingerprint density at radius 1 is 1.10 bits per heavy atom. The van der Waals surface area contributed by atoms with Crippen LogP contribution in [0.2, 0.25) is 0 Å². The van der Waals surface area contributed by atoms with Gasteiger partial charge in [-0.05, 0) is 57.4 Å². The van der Waals surface area contributed by atoms with Crippen LogP contribution in [-0.4, -0.2) is 35.4 Å². The summed E-state index contributed by atoms with van der Waals surface area (Å²) >= 11 is 0. The molecule has 0 aliphatic heterocycles. The zero-order valence-electron chi connectivity index (χ0n) is 18.4. The SMILES string of the molecule is CC[C@@H](C)NC(=O)[C@H](C)N(Cc1ccccc1F)C(=O)COc1cccc(C)c1C. The normalized spacial score (nSPS) is 12.7. The predicted molar refractivity (Wildman–Crippen MR) is 116 cm³/mol. The van der Waals surface area contributed by atoms with E-state index in [0.29, 0.717) is 11.3 Å². The number of hydrogen-bond acceptors (Lipinski definition) is 3. The van der Waals surface area contributed by atoms with Crippen molar-refractivity contribution in [3.05, 3.63) is 65.0 Å². The van der Waals surface area contributed by atoms with Crippen molar-refractivity contribution in [2.45, 2.75) is 59.7 Å². The Hall–Kier alpha value is -2.89. The van der Waals surface area contributed by atoms with Gasteiger partial charge in [-0.3, -0.25) is 9.59 Å². The van der Waals surface area contributed by atoms with Gasteiger partial charge in [-0.2, -0.15) is 0 Å². The predicted octanol–water partition coefficient (Wildman–Crippen LogP) is 4.15. The van der Waals surface area contributed by atoms with E-state index in [9.17, 15) is 14.0 Å². The summed E-state index contributed by atoms with van der Waals surface area (Å²) in [6, 6.07) is 11.1. The number of carbonyl (C=O) groups excluding carboxylic acids is 2. The number of aryl methyl sites for hydroxylation is 1. The molecule has 0 aromatic heterocycles. The van der Waals surface area contributed by atoms with E-state index in [0.717, 1.165) is 17.5 Å². The first-order chi connectivity index (χ1) is 14.2. The Morgan fingerprint density at radius 2 is 1.80 bits per heavy atom. The number of rotatable bonds is 9. The summed E-state index contributed by atoms with van der Waals surface area (Å²) in [7, 11) is 0. The molecule has 0 aliphatic rings. The first kappa shape index (κ1) is 23.4.